The molecule has 230 valence electrons. The predicted molar refractivity (Wildman–Crippen MR) is 148 cm³/mol. The number of hydrogen-bond donors (Lipinski definition) is 3. The van der Waals surface area contributed by atoms with E-state index < -0.39 is 54.4 Å². The quantitative estimate of drug-likeness (QED) is 0.332. The number of piperazine rings is 1. The first-order chi connectivity index (χ1) is 20.6. The molecule has 1 aromatic carbocycles. The summed E-state index contributed by atoms with van der Waals surface area (Å²) >= 11 is 0. The molecule has 0 saturated carbocycles. The van der Waals surface area contributed by atoms with Gasteiger partial charge < -0.3 is 34.8 Å². The fourth-order valence-electron chi connectivity index (χ4n) is 4.81. The van der Waals surface area contributed by atoms with Gasteiger partial charge in [0.05, 0.1) is 12.1 Å². The molecule has 0 spiro atoms. The van der Waals surface area contributed by atoms with Crippen LogP contribution in [0.5, 0.6) is 5.75 Å². The summed E-state index contributed by atoms with van der Waals surface area (Å²) in [4.78, 5) is 82.8. The maximum Gasteiger partial charge on any atom is 0.409 e. The van der Waals surface area contributed by atoms with E-state index in [-0.39, 0.29) is 70.0 Å². The summed E-state index contributed by atoms with van der Waals surface area (Å²) in [6, 6.07) is 6.79. The van der Waals surface area contributed by atoms with Gasteiger partial charge in [-0.15, -0.1) is 0 Å². The summed E-state index contributed by atoms with van der Waals surface area (Å²) in [6.07, 6.45) is -2.16. The minimum Gasteiger partial charge on any atom is -0.483 e. The Kier molecular flexibility index (Phi) is 10.1. The van der Waals surface area contributed by atoms with E-state index in [4.69, 9.17) is 9.47 Å². The number of pyridine rings is 1. The number of carbonyl (C=O) groups is 6. The smallest absolute Gasteiger partial charge is 0.409 e. The average Bonchev–Trinajstić information content (AvgIpc) is 3.34. The van der Waals surface area contributed by atoms with Crippen LogP contribution in [0.3, 0.4) is 0 Å². The highest BCUT2D eigenvalue weighted by Crippen LogP contribution is 2.26. The number of fused-ring (bicyclic) bond motifs is 1. The number of carboxylic acid groups (broad SMARTS) is 1. The van der Waals surface area contributed by atoms with E-state index in [1.54, 1.807) is 31.2 Å². The van der Waals surface area contributed by atoms with Crippen molar-refractivity contribution in [3.05, 3.63) is 36.0 Å². The SMILES string of the molecule is CCOC(=O)N1CCN(C(=O)[C@H](CCC(=O)O)NC(=O)c2cc(OCC(=O)N3CC[C@H](O)C3=O)c3ccccc3n2)CC1. The van der Waals surface area contributed by atoms with E-state index in [1.807, 2.05) is 0 Å². The molecular weight excluding hydrogens is 566 g/mol. The first kappa shape index (κ1) is 31.2. The van der Waals surface area contributed by atoms with Crippen LogP contribution in [0, 0.1) is 0 Å². The van der Waals surface area contributed by atoms with E-state index in [1.165, 1.54) is 15.9 Å². The van der Waals surface area contributed by atoms with Crippen LogP contribution >= 0.6 is 0 Å². The third-order valence-corrected chi connectivity index (χ3v) is 7.11. The van der Waals surface area contributed by atoms with E-state index in [0.717, 1.165) is 4.90 Å². The lowest BCUT2D eigenvalue weighted by Gasteiger charge is -2.35. The van der Waals surface area contributed by atoms with Gasteiger partial charge in [0, 0.05) is 57.0 Å². The van der Waals surface area contributed by atoms with Crippen LogP contribution in [-0.4, -0.2) is 124 Å². The molecule has 5 amide bonds. The Morgan fingerprint density at radius 1 is 1.07 bits per heavy atom. The molecule has 2 aromatic rings. The Labute approximate surface area is 246 Å². The number of para-hydroxylation sites is 1. The highest BCUT2D eigenvalue weighted by molar-refractivity contribution is 6.01. The van der Waals surface area contributed by atoms with Gasteiger partial charge in [-0.05, 0) is 25.5 Å². The summed E-state index contributed by atoms with van der Waals surface area (Å²) in [5, 5.41) is 21.9. The molecule has 1 aromatic heterocycles. The minimum atomic E-state index is -1.24. The molecular formula is C28H33N5O10. The van der Waals surface area contributed by atoms with Crippen molar-refractivity contribution in [3.8, 4) is 5.75 Å². The summed E-state index contributed by atoms with van der Waals surface area (Å²) in [7, 11) is 0. The molecule has 43 heavy (non-hydrogen) atoms. The van der Waals surface area contributed by atoms with Gasteiger partial charge in [-0.1, -0.05) is 12.1 Å². The number of hydrogen-bond acceptors (Lipinski definition) is 10. The summed E-state index contributed by atoms with van der Waals surface area (Å²) in [5.74, 6) is -3.65. The molecule has 15 heteroatoms. The van der Waals surface area contributed by atoms with Crippen molar-refractivity contribution in [1.82, 2.24) is 25.0 Å². The van der Waals surface area contributed by atoms with Gasteiger partial charge in [0.15, 0.2) is 6.61 Å². The number of nitrogens with zero attached hydrogens (tertiary/aromatic N) is 4. The molecule has 0 unspecified atom stereocenters. The molecule has 3 heterocycles. The van der Waals surface area contributed by atoms with Crippen LogP contribution in [0.2, 0.25) is 0 Å². The van der Waals surface area contributed by atoms with E-state index in [9.17, 15) is 39.0 Å². The van der Waals surface area contributed by atoms with E-state index in [2.05, 4.69) is 10.3 Å². The Bertz CT molecular complexity index is 1410. The van der Waals surface area contributed by atoms with Gasteiger partial charge >= 0.3 is 12.1 Å². The fraction of sp³-hybridized carbons (Fsp3) is 0.464. The number of aliphatic hydroxyl groups is 1. The number of aromatic nitrogens is 1. The number of amides is 5. The highest BCUT2D eigenvalue weighted by Gasteiger charge is 2.35. The lowest BCUT2D eigenvalue weighted by atomic mass is 10.1. The number of carbonyl (C=O) groups excluding carboxylic acids is 5. The maximum atomic E-state index is 13.4. The van der Waals surface area contributed by atoms with Crippen LogP contribution in [-0.2, 0) is 23.9 Å². The Hall–Kier alpha value is -4.79. The van der Waals surface area contributed by atoms with Crippen molar-refractivity contribution in [2.75, 3.05) is 45.9 Å². The largest absolute Gasteiger partial charge is 0.483 e. The number of aliphatic hydroxyl groups excluding tert-OH is 1. The Balaban J connectivity index is 1.49. The first-order valence-corrected chi connectivity index (χ1v) is 13.9. The van der Waals surface area contributed by atoms with Crippen molar-refractivity contribution in [2.45, 2.75) is 38.3 Å². The maximum absolute atomic E-state index is 13.4. The van der Waals surface area contributed by atoms with Gasteiger partial charge in [-0.25, -0.2) is 9.78 Å². The number of likely N-dealkylation sites (tertiary alicyclic amines) is 1. The Morgan fingerprint density at radius 2 is 1.77 bits per heavy atom. The number of nitrogens with one attached hydrogen (secondary N) is 1. The topological polar surface area (TPSA) is 196 Å². The third kappa shape index (κ3) is 7.54. The third-order valence-electron chi connectivity index (χ3n) is 7.11. The van der Waals surface area contributed by atoms with Gasteiger partial charge in [0.2, 0.25) is 5.91 Å². The predicted octanol–water partition coefficient (Wildman–Crippen LogP) is -0.00270. The van der Waals surface area contributed by atoms with E-state index in [0.29, 0.717) is 10.9 Å². The fourth-order valence-corrected chi connectivity index (χ4v) is 4.81. The standard InChI is InChI=1S/C28H33N5O10/c1-2-42-28(41)32-13-11-31(12-14-32)26(39)19(7-8-24(36)37)30-25(38)20-15-22(17-5-3-4-6-18(17)29-20)43-16-23(35)33-10-9-21(34)27(33)40/h3-6,15,19,21,34H,2,7-14,16H2,1H3,(H,30,38)(H,36,37)/t19-,21-/m0/s1. The lowest BCUT2D eigenvalue weighted by molar-refractivity contribution is -0.146. The number of aliphatic carboxylic acids is 1. The molecule has 2 aliphatic rings. The second-order valence-electron chi connectivity index (χ2n) is 9.97. The first-order valence-electron chi connectivity index (χ1n) is 13.9. The average molecular weight is 600 g/mol. The zero-order valence-electron chi connectivity index (χ0n) is 23.6. The van der Waals surface area contributed by atoms with Crippen molar-refractivity contribution in [2.24, 2.45) is 0 Å². The monoisotopic (exact) mass is 599 g/mol. The van der Waals surface area contributed by atoms with Crippen LogP contribution in [0.4, 0.5) is 4.79 Å². The molecule has 0 bridgehead atoms. The molecule has 3 N–H and O–H groups in total. The Morgan fingerprint density at radius 3 is 2.42 bits per heavy atom. The second kappa shape index (κ2) is 13.9. The van der Waals surface area contributed by atoms with E-state index >= 15 is 0 Å². The number of rotatable bonds is 10. The summed E-state index contributed by atoms with van der Waals surface area (Å²) in [6.45, 7) is 2.23. The molecule has 2 fully saturated rings. The van der Waals surface area contributed by atoms with Crippen LogP contribution in [0.25, 0.3) is 10.9 Å². The van der Waals surface area contributed by atoms with Gasteiger partial charge in [0.25, 0.3) is 17.7 Å². The van der Waals surface area contributed by atoms with Crippen LogP contribution in [0.15, 0.2) is 30.3 Å². The van der Waals surface area contributed by atoms with Crippen molar-refractivity contribution in [1.29, 1.82) is 0 Å². The molecule has 2 atom stereocenters. The summed E-state index contributed by atoms with van der Waals surface area (Å²) in [5.41, 5.74) is 0.211. The number of carboxylic acids is 1. The molecule has 0 radical (unpaired) electrons. The van der Waals surface area contributed by atoms with Crippen molar-refractivity contribution in [3.63, 3.8) is 0 Å². The molecule has 4 rings (SSSR count). The second-order valence-corrected chi connectivity index (χ2v) is 9.97. The highest BCUT2D eigenvalue weighted by atomic mass is 16.6. The number of imide groups is 1. The molecule has 2 saturated heterocycles. The lowest BCUT2D eigenvalue weighted by Crippen LogP contribution is -2.56. The van der Waals surface area contributed by atoms with Crippen LogP contribution < -0.4 is 10.1 Å². The number of ether oxygens (including phenoxy) is 2. The molecule has 2 aliphatic heterocycles. The molecule has 15 nitrogen and oxygen atoms in total. The number of benzene rings is 1. The summed E-state index contributed by atoms with van der Waals surface area (Å²) < 4.78 is 10.7. The van der Waals surface area contributed by atoms with Gasteiger partial charge in [0.1, 0.15) is 23.6 Å². The molecule has 0 aliphatic carbocycles. The normalized spacial score (nSPS) is 17.5. The zero-order valence-corrected chi connectivity index (χ0v) is 23.6. The zero-order chi connectivity index (χ0) is 31.1. The van der Waals surface area contributed by atoms with Gasteiger partial charge in [-0.2, -0.15) is 0 Å². The van der Waals surface area contributed by atoms with Gasteiger partial charge in [-0.3, -0.25) is 28.9 Å². The van der Waals surface area contributed by atoms with Crippen LogP contribution in [0.1, 0.15) is 36.7 Å². The van der Waals surface area contributed by atoms with Crippen molar-refractivity contribution >= 4 is 46.6 Å². The minimum absolute atomic E-state index is 0.0660. The van der Waals surface area contributed by atoms with Crippen molar-refractivity contribution < 1.29 is 48.5 Å².